The van der Waals surface area contributed by atoms with Crippen LogP contribution in [0.4, 0.5) is 4.39 Å². The van der Waals surface area contributed by atoms with Gasteiger partial charge in [-0.1, -0.05) is 30.1 Å². The second kappa shape index (κ2) is 8.07. The van der Waals surface area contributed by atoms with Crippen LogP contribution in [0, 0.1) is 9.39 Å². The lowest BCUT2D eigenvalue weighted by Gasteiger charge is -2.12. The van der Waals surface area contributed by atoms with Gasteiger partial charge in [-0.25, -0.2) is 14.2 Å². The third-order valence-corrected chi connectivity index (χ3v) is 4.12. The summed E-state index contributed by atoms with van der Waals surface area (Å²) in [5, 5.41) is 8.43. The topological polar surface area (TPSA) is 76.5 Å². The van der Waals surface area contributed by atoms with Crippen LogP contribution in [0.1, 0.15) is 30.6 Å². The number of nitrogens with zero attached hydrogens (tertiary/aromatic N) is 1. The van der Waals surface area contributed by atoms with Gasteiger partial charge in [0.15, 0.2) is 11.0 Å². The molecule has 0 aliphatic rings. The third kappa shape index (κ3) is 3.88. The molecular weight excluding hydrogens is 451 g/mol. The highest BCUT2D eigenvalue weighted by atomic mass is 127. The van der Waals surface area contributed by atoms with Crippen LogP contribution in [-0.2, 0) is 9.53 Å². The van der Waals surface area contributed by atoms with Crippen molar-refractivity contribution in [3.05, 3.63) is 36.6 Å². The number of hydrogen-bond donors (Lipinski definition) is 1. The summed E-state index contributed by atoms with van der Waals surface area (Å²) in [5.41, 5.74) is -0.958. The Kier molecular flexibility index (Phi) is 7.01. The van der Waals surface area contributed by atoms with E-state index in [1.165, 1.54) is 22.6 Å². The molecule has 1 rings (SSSR count). The molecule has 0 aliphatic carbocycles. The van der Waals surface area contributed by atoms with Crippen molar-refractivity contribution >= 4 is 57.5 Å². The number of aromatic nitrogens is 1. The van der Waals surface area contributed by atoms with Crippen molar-refractivity contribution in [2.24, 2.45) is 0 Å². The Morgan fingerprint density at radius 2 is 1.91 bits per heavy atom. The van der Waals surface area contributed by atoms with E-state index in [9.17, 15) is 19.1 Å². The molecule has 22 heavy (non-hydrogen) atoms. The second-order valence-corrected chi connectivity index (χ2v) is 5.71. The van der Waals surface area contributed by atoms with E-state index >= 15 is 0 Å². The zero-order valence-electron chi connectivity index (χ0n) is 11.5. The molecule has 0 spiro atoms. The van der Waals surface area contributed by atoms with E-state index in [0.717, 1.165) is 0 Å². The lowest BCUT2D eigenvalue weighted by molar-refractivity contribution is -0.132. The summed E-state index contributed by atoms with van der Waals surface area (Å²) in [6, 6.07) is 0. The highest BCUT2D eigenvalue weighted by Gasteiger charge is 2.30. The Morgan fingerprint density at radius 3 is 2.36 bits per heavy atom. The quantitative estimate of drug-likeness (QED) is 0.131. The monoisotopic (exact) mass is 461 g/mol. The largest absolute Gasteiger partial charge is 0.497 e. The summed E-state index contributed by atoms with van der Waals surface area (Å²) in [6.07, 6.45) is 0.179. The SMILES string of the molecule is CCOC(CC)=C(C(=O)O)C(=O)c1c(Cl)nc(Cl)c(F)c1I. The van der Waals surface area contributed by atoms with E-state index in [4.69, 9.17) is 27.9 Å². The van der Waals surface area contributed by atoms with Gasteiger partial charge in [0, 0.05) is 6.42 Å². The van der Waals surface area contributed by atoms with E-state index in [-0.39, 0.29) is 33.1 Å². The number of ether oxygens (including phenoxy) is 1. The Labute approximate surface area is 149 Å². The number of rotatable bonds is 6. The molecule has 1 N–H and O–H groups in total. The van der Waals surface area contributed by atoms with E-state index in [0.29, 0.717) is 0 Å². The molecule has 0 saturated heterocycles. The van der Waals surface area contributed by atoms with Gasteiger partial charge in [-0.3, -0.25) is 4.79 Å². The fourth-order valence-electron chi connectivity index (χ4n) is 1.67. The lowest BCUT2D eigenvalue weighted by Crippen LogP contribution is -2.19. The number of aliphatic carboxylic acids is 1. The standard InChI is InChI=1S/C13H11Cl2FINO4/c1-3-5(22-4-2)6(13(20)21)10(19)7-9(17)8(16)12(15)18-11(7)14/h3-4H2,1-2H3,(H,20,21). The number of carbonyl (C=O) groups excluding carboxylic acids is 1. The van der Waals surface area contributed by atoms with Crippen LogP contribution in [0.2, 0.25) is 10.3 Å². The van der Waals surface area contributed by atoms with Crippen LogP contribution >= 0.6 is 45.8 Å². The first-order chi connectivity index (χ1) is 10.3. The molecule has 0 radical (unpaired) electrons. The molecule has 0 fully saturated rings. The van der Waals surface area contributed by atoms with Crippen LogP contribution in [0.5, 0.6) is 0 Å². The average Bonchev–Trinajstić information content (AvgIpc) is 2.43. The molecule has 0 amide bonds. The predicted octanol–water partition coefficient (Wildman–Crippen LogP) is 4.10. The van der Waals surface area contributed by atoms with Crippen molar-refractivity contribution in [1.29, 1.82) is 0 Å². The van der Waals surface area contributed by atoms with Crippen molar-refractivity contribution in [3.8, 4) is 0 Å². The second-order valence-electron chi connectivity index (χ2n) is 3.92. The smallest absolute Gasteiger partial charge is 0.343 e. The minimum atomic E-state index is -1.49. The first-order valence-corrected chi connectivity index (χ1v) is 7.93. The van der Waals surface area contributed by atoms with Crippen LogP contribution in [0.3, 0.4) is 0 Å². The highest BCUT2D eigenvalue weighted by molar-refractivity contribution is 14.1. The number of allylic oxidation sites excluding steroid dienone is 1. The molecule has 1 aromatic rings. The number of carboxylic acids is 1. The Balaban J connectivity index is 3.58. The van der Waals surface area contributed by atoms with Crippen molar-refractivity contribution < 1.29 is 23.8 Å². The molecule has 1 aromatic heterocycles. The number of pyridine rings is 1. The summed E-state index contributed by atoms with van der Waals surface area (Å²) in [4.78, 5) is 27.4. The maximum atomic E-state index is 13.8. The van der Waals surface area contributed by atoms with Crippen molar-refractivity contribution in [2.75, 3.05) is 6.61 Å². The fourth-order valence-corrected chi connectivity index (χ4v) is 3.23. The van der Waals surface area contributed by atoms with Crippen molar-refractivity contribution in [2.45, 2.75) is 20.3 Å². The zero-order chi connectivity index (χ0) is 17.0. The molecular formula is C13H11Cl2FINO4. The predicted molar refractivity (Wildman–Crippen MR) is 87.8 cm³/mol. The molecule has 0 aromatic carbocycles. The maximum Gasteiger partial charge on any atom is 0.343 e. The Morgan fingerprint density at radius 1 is 1.32 bits per heavy atom. The summed E-state index contributed by atoms with van der Waals surface area (Å²) >= 11 is 12.9. The zero-order valence-corrected chi connectivity index (χ0v) is 15.2. The first kappa shape index (κ1) is 19.1. The van der Waals surface area contributed by atoms with E-state index in [2.05, 4.69) is 4.98 Å². The van der Waals surface area contributed by atoms with E-state index in [1.807, 2.05) is 0 Å². The number of hydrogen-bond acceptors (Lipinski definition) is 4. The number of carboxylic acid groups (broad SMARTS) is 1. The highest BCUT2D eigenvalue weighted by Crippen LogP contribution is 2.30. The molecule has 120 valence electrons. The lowest BCUT2D eigenvalue weighted by atomic mass is 10.0. The van der Waals surface area contributed by atoms with E-state index in [1.54, 1.807) is 13.8 Å². The molecule has 0 unspecified atom stereocenters. The molecule has 0 aliphatic heterocycles. The molecule has 0 saturated carbocycles. The molecule has 0 atom stereocenters. The first-order valence-electron chi connectivity index (χ1n) is 6.10. The number of halogens is 4. The van der Waals surface area contributed by atoms with Gasteiger partial charge in [-0.2, -0.15) is 0 Å². The van der Waals surface area contributed by atoms with Gasteiger partial charge in [-0.05, 0) is 29.5 Å². The van der Waals surface area contributed by atoms with Crippen LogP contribution < -0.4 is 0 Å². The van der Waals surface area contributed by atoms with Gasteiger partial charge in [0.05, 0.1) is 15.7 Å². The normalized spacial score (nSPS) is 11.9. The van der Waals surface area contributed by atoms with Crippen LogP contribution in [0.25, 0.3) is 0 Å². The minimum Gasteiger partial charge on any atom is -0.497 e. The summed E-state index contributed by atoms with van der Waals surface area (Å²) in [6.45, 7) is 3.47. The fraction of sp³-hybridized carbons (Fsp3) is 0.308. The molecule has 5 nitrogen and oxygen atoms in total. The average molecular weight is 462 g/mol. The van der Waals surface area contributed by atoms with Crippen LogP contribution in [0.15, 0.2) is 11.3 Å². The summed E-state index contributed by atoms with van der Waals surface area (Å²) in [7, 11) is 0. The molecule has 1 heterocycles. The van der Waals surface area contributed by atoms with Gasteiger partial charge < -0.3 is 9.84 Å². The van der Waals surface area contributed by atoms with Crippen LogP contribution in [-0.4, -0.2) is 28.4 Å². The Bertz CT molecular complexity index is 664. The number of ketones is 1. The van der Waals surface area contributed by atoms with Gasteiger partial charge in [0.2, 0.25) is 5.78 Å². The van der Waals surface area contributed by atoms with Crippen molar-refractivity contribution in [1.82, 2.24) is 4.98 Å². The van der Waals surface area contributed by atoms with Gasteiger partial charge >= 0.3 is 5.97 Å². The van der Waals surface area contributed by atoms with E-state index < -0.39 is 28.3 Å². The molecule has 9 heteroatoms. The summed E-state index contributed by atoms with van der Waals surface area (Å²) < 4.78 is 18.8. The minimum absolute atomic E-state index is 0.0118. The Hall–Kier alpha value is -0.930. The number of Topliss-reactive ketones (excluding diaryl/α,β-unsaturated/α-hetero) is 1. The third-order valence-electron chi connectivity index (χ3n) is 2.58. The summed E-state index contributed by atoms with van der Waals surface area (Å²) in [5.74, 6) is -3.41. The van der Waals surface area contributed by atoms with Gasteiger partial charge in [0.25, 0.3) is 0 Å². The maximum absolute atomic E-state index is 13.8. The molecule has 0 bridgehead atoms. The van der Waals surface area contributed by atoms with Gasteiger partial charge in [0.1, 0.15) is 16.5 Å². The van der Waals surface area contributed by atoms with Gasteiger partial charge in [-0.15, -0.1) is 0 Å². The number of carbonyl (C=O) groups is 2. The van der Waals surface area contributed by atoms with Crippen molar-refractivity contribution in [3.63, 3.8) is 0 Å².